The van der Waals surface area contributed by atoms with Gasteiger partial charge in [0, 0.05) is 24.0 Å². The van der Waals surface area contributed by atoms with Crippen molar-refractivity contribution >= 4 is 27.6 Å². The van der Waals surface area contributed by atoms with Gasteiger partial charge in [-0.3, -0.25) is 4.79 Å². The number of benzene rings is 1. The highest BCUT2D eigenvalue weighted by molar-refractivity contribution is 9.10. The number of carbonyl (C=O) groups is 1. The Kier molecular flexibility index (Phi) is 4.43. The molecule has 0 bridgehead atoms. The molecule has 0 saturated carbocycles. The molecule has 1 atom stereocenters. The van der Waals surface area contributed by atoms with Crippen LogP contribution in [0.2, 0.25) is 0 Å². The second-order valence-electron chi connectivity index (χ2n) is 4.83. The average molecular weight is 323 g/mol. The van der Waals surface area contributed by atoms with Crippen LogP contribution in [-0.2, 0) is 4.79 Å². The van der Waals surface area contributed by atoms with E-state index in [2.05, 4.69) is 26.9 Å². The minimum absolute atomic E-state index is 0.164. The zero-order valence-corrected chi connectivity index (χ0v) is 12.1. The van der Waals surface area contributed by atoms with E-state index >= 15 is 0 Å². The largest absolute Gasteiger partial charge is 0.481 e. The van der Waals surface area contributed by atoms with Crippen molar-refractivity contribution in [1.82, 2.24) is 0 Å². The third-order valence-electron chi connectivity index (χ3n) is 3.40. The summed E-state index contributed by atoms with van der Waals surface area (Å²) in [5.41, 5.74) is 1.53. The van der Waals surface area contributed by atoms with E-state index in [-0.39, 0.29) is 12.3 Å². The first-order valence-electron chi connectivity index (χ1n) is 6.26. The Labute approximate surface area is 120 Å². The number of rotatable bonds is 3. The number of piperidine rings is 1. The summed E-state index contributed by atoms with van der Waals surface area (Å²) in [5.74, 6) is -0.585. The molecule has 0 aliphatic carbocycles. The monoisotopic (exact) mass is 322 g/mol. The average Bonchev–Trinajstić information content (AvgIpc) is 2.38. The minimum atomic E-state index is -0.749. The molecule has 0 radical (unpaired) electrons. The van der Waals surface area contributed by atoms with Gasteiger partial charge in [0.15, 0.2) is 0 Å². The second-order valence-corrected chi connectivity index (χ2v) is 5.74. The number of nitriles is 1. The van der Waals surface area contributed by atoms with Gasteiger partial charge in [-0.1, -0.05) is 15.9 Å². The number of hydrogen-bond donors (Lipinski definition) is 1. The predicted molar refractivity (Wildman–Crippen MR) is 76.0 cm³/mol. The van der Waals surface area contributed by atoms with Crippen LogP contribution in [0.25, 0.3) is 0 Å². The topological polar surface area (TPSA) is 64.3 Å². The third-order valence-corrected chi connectivity index (χ3v) is 3.90. The van der Waals surface area contributed by atoms with Crippen LogP contribution < -0.4 is 4.90 Å². The zero-order valence-electron chi connectivity index (χ0n) is 10.5. The Bertz CT molecular complexity index is 525. The van der Waals surface area contributed by atoms with Gasteiger partial charge in [0.2, 0.25) is 0 Å². The lowest BCUT2D eigenvalue weighted by atomic mass is 9.94. The number of aliphatic carboxylic acids is 1. The van der Waals surface area contributed by atoms with Crippen LogP contribution in [0.15, 0.2) is 22.7 Å². The van der Waals surface area contributed by atoms with Gasteiger partial charge in [-0.25, -0.2) is 0 Å². The summed E-state index contributed by atoms with van der Waals surface area (Å²) in [4.78, 5) is 12.9. The molecule has 2 rings (SSSR count). The summed E-state index contributed by atoms with van der Waals surface area (Å²) in [6.45, 7) is 1.58. The number of hydrogen-bond acceptors (Lipinski definition) is 3. The lowest BCUT2D eigenvalue weighted by Gasteiger charge is -2.34. The normalized spacial score (nSPS) is 18.9. The van der Waals surface area contributed by atoms with Crippen molar-refractivity contribution in [2.45, 2.75) is 19.3 Å². The highest BCUT2D eigenvalue weighted by Crippen LogP contribution is 2.29. The van der Waals surface area contributed by atoms with Gasteiger partial charge in [0.05, 0.1) is 11.3 Å². The number of carboxylic acid groups (broad SMARTS) is 1. The molecule has 0 spiro atoms. The van der Waals surface area contributed by atoms with E-state index in [1.54, 1.807) is 6.07 Å². The fourth-order valence-corrected chi connectivity index (χ4v) is 2.91. The van der Waals surface area contributed by atoms with E-state index in [0.717, 1.165) is 29.5 Å². The Hall–Kier alpha value is -1.54. The fraction of sp³-hybridized carbons (Fsp3) is 0.429. The van der Waals surface area contributed by atoms with Gasteiger partial charge in [-0.2, -0.15) is 5.26 Å². The molecule has 1 aromatic carbocycles. The van der Waals surface area contributed by atoms with E-state index in [4.69, 9.17) is 10.4 Å². The minimum Gasteiger partial charge on any atom is -0.481 e. The van der Waals surface area contributed by atoms with Gasteiger partial charge >= 0.3 is 5.97 Å². The summed E-state index contributed by atoms with van der Waals surface area (Å²) in [6, 6.07) is 7.77. The lowest BCUT2D eigenvalue weighted by molar-refractivity contribution is -0.138. The van der Waals surface area contributed by atoms with Crippen molar-refractivity contribution < 1.29 is 9.90 Å². The summed E-state index contributed by atoms with van der Waals surface area (Å²) < 4.78 is 0.932. The summed E-state index contributed by atoms with van der Waals surface area (Å²) in [6.07, 6.45) is 2.11. The lowest BCUT2D eigenvalue weighted by Crippen LogP contribution is -2.36. The molecular weight excluding hydrogens is 308 g/mol. The van der Waals surface area contributed by atoms with Crippen molar-refractivity contribution in [1.29, 1.82) is 5.26 Å². The summed E-state index contributed by atoms with van der Waals surface area (Å²) >= 11 is 3.42. The molecule has 19 heavy (non-hydrogen) atoms. The Balaban J connectivity index is 2.19. The maximum Gasteiger partial charge on any atom is 0.303 e. The highest BCUT2D eigenvalue weighted by atomic mass is 79.9. The molecular formula is C14H15BrN2O2. The van der Waals surface area contributed by atoms with Crippen molar-refractivity contribution in [3.8, 4) is 6.07 Å². The van der Waals surface area contributed by atoms with Gasteiger partial charge in [0.25, 0.3) is 0 Å². The Morgan fingerprint density at radius 1 is 1.58 bits per heavy atom. The molecule has 1 N–H and O–H groups in total. The molecule has 1 aliphatic rings. The third kappa shape index (κ3) is 3.48. The molecule has 100 valence electrons. The Morgan fingerprint density at radius 3 is 3.05 bits per heavy atom. The first-order chi connectivity index (χ1) is 9.10. The van der Waals surface area contributed by atoms with Gasteiger partial charge < -0.3 is 10.0 Å². The summed E-state index contributed by atoms with van der Waals surface area (Å²) in [7, 11) is 0. The molecule has 1 aliphatic heterocycles. The smallest absolute Gasteiger partial charge is 0.303 e. The summed E-state index contributed by atoms with van der Waals surface area (Å²) in [5, 5.41) is 18.1. The number of nitrogens with zero attached hydrogens (tertiary/aromatic N) is 2. The van der Waals surface area contributed by atoms with Crippen LogP contribution in [-0.4, -0.2) is 24.2 Å². The first kappa shape index (κ1) is 13.9. The van der Waals surface area contributed by atoms with Crippen molar-refractivity contribution in [3.05, 3.63) is 28.2 Å². The van der Waals surface area contributed by atoms with Crippen LogP contribution in [0.5, 0.6) is 0 Å². The molecule has 1 heterocycles. The quantitative estimate of drug-likeness (QED) is 0.929. The first-order valence-corrected chi connectivity index (χ1v) is 7.06. The van der Waals surface area contributed by atoms with E-state index in [0.29, 0.717) is 12.1 Å². The predicted octanol–water partition coefficient (Wildman–Crippen LogP) is 3.01. The molecule has 0 aromatic heterocycles. The zero-order chi connectivity index (χ0) is 13.8. The van der Waals surface area contributed by atoms with Crippen LogP contribution in [0.4, 0.5) is 5.69 Å². The van der Waals surface area contributed by atoms with Crippen LogP contribution in [0.3, 0.4) is 0 Å². The SMILES string of the molecule is N#Cc1ccc(Br)cc1N1CCCC(CC(=O)O)C1. The maximum atomic E-state index is 10.8. The standard InChI is InChI=1S/C14H15BrN2O2/c15-12-4-3-11(8-16)13(7-12)17-5-1-2-10(9-17)6-14(18)19/h3-4,7,10H,1-2,5-6,9H2,(H,18,19). The fourth-order valence-electron chi connectivity index (χ4n) is 2.56. The van der Waals surface area contributed by atoms with Gasteiger partial charge in [-0.05, 0) is 37.0 Å². The van der Waals surface area contributed by atoms with E-state index in [9.17, 15) is 4.79 Å². The van der Waals surface area contributed by atoms with Crippen LogP contribution in [0, 0.1) is 17.2 Å². The van der Waals surface area contributed by atoms with Crippen molar-refractivity contribution in [2.24, 2.45) is 5.92 Å². The Morgan fingerprint density at radius 2 is 2.37 bits per heavy atom. The number of anilines is 1. The molecule has 1 aromatic rings. The van der Waals surface area contributed by atoms with Gasteiger partial charge in [0.1, 0.15) is 6.07 Å². The number of halogens is 1. The van der Waals surface area contributed by atoms with Crippen LogP contribution in [0.1, 0.15) is 24.8 Å². The number of carboxylic acids is 1. The van der Waals surface area contributed by atoms with E-state index in [1.165, 1.54) is 0 Å². The van der Waals surface area contributed by atoms with Gasteiger partial charge in [-0.15, -0.1) is 0 Å². The molecule has 5 heteroatoms. The van der Waals surface area contributed by atoms with Crippen LogP contribution >= 0.6 is 15.9 Å². The molecule has 1 fully saturated rings. The molecule has 0 amide bonds. The van der Waals surface area contributed by atoms with E-state index < -0.39 is 5.97 Å². The van der Waals surface area contributed by atoms with E-state index in [1.807, 2.05) is 12.1 Å². The molecule has 4 nitrogen and oxygen atoms in total. The van der Waals surface area contributed by atoms with Crippen molar-refractivity contribution in [2.75, 3.05) is 18.0 Å². The second kappa shape index (κ2) is 6.07. The van der Waals surface area contributed by atoms with Crippen molar-refractivity contribution in [3.63, 3.8) is 0 Å². The molecule has 1 saturated heterocycles. The molecule has 1 unspecified atom stereocenters. The maximum absolute atomic E-state index is 10.8. The highest BCUT2D eigenvalue weighted by Gasteiger charge is 2.23.